The van der Waals surface area contributed by atoms with Crippen LogP contribution >= 0.6 is 15.9 Å². The Morgan fingerprint density at radius 3 is 2.09 bits per heavy atom. The largest absolute Gasteiger partial charge is 0.0874 e. The Morgan fingerprint density at radius 1 is 1.36 bits per heavy atom. The van der Waals surface area contributed by atoms with Gasteiger partial charge in [0.1, 0.15) is 0 Å². The Morgan fingerprint density at radius 2 is 1.82 bits per heavy atom. The second-order valence-electron chi connectivity index (χ2n) is 1.84. The van der Waals surface area contributed by atoms with Crippen molar-refractivity contribution in [3.8, 4) is 0 Å². The first-order chi connectivity index (χ1) is 5.16. The van der Waals surface area contributed by atoms with E-state index in [2.05, 4.69) is 22.5 Å². The van der Waals surface area contributed by atoms with Gasteiger partial charge < -0.3 is 0 Å². The highest BCUT2D eigenvalue weighted by Crippen LogP contribution is 2.06. The SMILES string of the molecule is C=C(Br)/C=C(C)\C=C/C.CC. The molecule has 0 bridgehead atoms. The average molecular weight is 217 g/mol. The molecule has 0 heterocycles. The minimum Gasteiger partial charge on any atom is -0.0874 e. The summed E-state index contributed by atoms with van der Waals surface area (Å²) in [6.07, 6.45) is 6.01. The molecule has 0 aliphatic carbocycles. The molecule has 64 valence electrons. The number of allylic oxidation sites excluding steroid dienone is 5. The van der Waals surface area contributed by atoms with E-state index in [9.17, 15) is 0 Å². The Balaban J connectivity index is 0. The van der Waals surface area contributed by atoms with Gasteiger partial charge in [0.2, 0.25) is 0 Å². The first-order valence-corrected chi connectivity index (χ1v) is 4.61. The summed E-state index contributed by atoms with van der Waals surface area (Å²) in [6, 6.07) is 0. The lowest BCUT2D eigenvalue weighted by Gasteiger charge is -1.87. The molecule has 0 amide bonds. The first kappa shape index (κ1) is 13.3. The van der Waals surface area contributed by atoms with Crippen LogP contribution in [0.3, 0.4) is 0 Å². The molecule has 0 aromatic carbocycles. The predicted octanol–water partition coefficient (Wildman–Crippen LogP) is 4.44. The van der Waals surface area contributed by atoms with Crippen molar-refractivity contribution in [1.82, 2.24) is 0 Å². The third kappa shape index (κ3) is 12.8. The molecule has 0 aliphatic heterocycles. The molecule has 0 atom stereocenters. The van der Waals surface area contributed by atoms with Gasteiger partial charge in [0.05, 0.1) is 0 Å². The van der Waals surface area contributed by atoms with E-state index in [0.717, 1.165) is 4.48 Å². The molecule has 1 heteroatoms. The average Bonchev–Trinajstić information content (AvgIpc) is 1.91. The Labute approximate surface area is 78.8 Å². The highest BCUT2D eigenvalue weighted by atomic mass is 79.9. The van der Waals surface area contributed by atoms with Gasteiger partial charge in [-0.25, -0.2) is 0 Å². The standard InChI is InChI=1S/C8H11Br.C2H6/c1-4-5-7(2)6-8(3)9;1-2/h4-6H,3H2,1-2H3;1-2H3/b5-4-,7-6-;. The van der Waals surface area contributed by atoms with Gasteiger partial charge in [-0.15, -0.1) is 0 Å². The maximum atomic E-state index is 3.68. The number of rotatable bonds is 2. The van der Waals surface area contributed by atoms with E-state index in [0.29, 0.717) is 0 Å². The van der Waals surface area contributed by atoms with Crippen LogP contribution < -0.4 is 0 Å². The quantitative estimate of drug-likeness (QED) is 0.599. The molecular weight excluding hydrogens is 200 g/mol. The zero-order valence-corrected chi connectivity index (χ0v) is 9.40. The fourth-order valence-corrected chi connectivity index (χ4v) is 0.919. The molecule has 0 unspecified atom stereocenters. The Kier molecular flexibility index (Phi) is 11.7. The van der Waals surface area contributed by atoms with Crippen molar-refractivity contribution in [3.05, 3.63) is 34.9 Å². The van der Waals surface area contributed by atoms with Crippen molar-refractivity contribution >= 4 is 15.9 Å². The second-order valence-corrected chi connectivity index (χ2v) is 2.85. The molecule has 0 fully saturated rings. The summed E-state index contributed by atoms with van der Waals surface area (Å²) in [5, 5.41) is 0. The fourth-order valence-electron chi connectivity index (χ4n) is 0.558. The van der Waals surface area contributed by atoms with Crippen molar-refractivity contribution in [3.63, 3.8) is 0 Å². The summed E-state index contributed by atoms with van der Waals surface area (Å²) in [6.45, 7) is 11.7. The summed E-state index contributed by atoms with van der Waals surface area (Å²) in [5.74, 6) is 0. The van der Waals surface area contributed by atoms with Crippen LogP contribution in [0.25, 0.3) is 0 Å². The van der Waals surface area contributed by atoms with E-state index in [1.807, 2.05) is 45.9 Å². The Bertz CT molecular complexity index is 152. The van der Waals surface area contributed by atoms with Gasteiger partial charge in [-0.1, -0.05) is 54.1 Å². The molecule has 0 aromatic heterocycles. The van der Waals surface area contributed by atoms with Gasteiger partial charge >= 0.3 is 0 Å². The number of hydrogen-bond donors (Lipinski definition) is 0. The van der Waals surface area contributed by atoms with Gasteiger partial charge in [0, 0.05) is 4.48 Å². The van der Waals surface area contributed by atoms with Crippen LogP contribution in [0.4, 0.5) is 0 Å². The van der Waals surface area contributed by atoms with Crippen LogP contribution in [-0.4, -0.2) is 0 Å². The maximum absolute atomic E-state index is 3.68. The highest BCUT2D eigenvalue weighted by Gasteiger charge is 1.80. The van der Waals surface area contributed by atoms with E-state index in [4.69, 9.17) is 0 Å². The summed E-state index contributed by atoms with van der Waals surface area (Å²) < 4.78 is 0.915. The molecule has 0 N–H and O–H groups in total. The monoisotopic (exact) mass is 216 g/mol. The molecular formula is C10H17Br. The van der Waals surface area contributed by atoms with E-state index in [1.54, 1.807) is 0 Å². The molecule has 0 saturated carbocycles. The molecule has 0 spiro atoms. The van der Waals surface area contributed by atoms with E-state index >= 15 is 0 Å². The zero-order chi connectivity index (χ0) is 9.28. The molecule has 0 radical (unpaired) electrons. The van der Waals surface area contributed by atoms with E-state index < -0.39 is 0 Å². The second kappa shape index (κ2) is 9.70. The van der Waals surface area contributed by atoms with E-state index in [1.165, 1.54) is 5.57 Å². The van der Waals surface area contributed by atoms with Crippen molar-refractivity contribution in [2.75, 3.05) is 0 Å². The highest BCUT2D eigenvalue weighted by molar-refractivity contribution is 9.11. The summed E-state index contributed by atoms with van der Waals surface area (Å²) in [7, 11) is 0. The van der Waals surface area contributed by atoms with Crippen LogP contribution in [0, 0.1) is 0 Å². The summed E-state index contributed by atoms with van der Waals surface area (Å²) in [4.78, 5) is 0. The third-order valence-electron chi connectivity index (χ3n) is 0.814. The lowest BCUT2D eigenvalue weighted by Crippen LogP contribution is -1.65. The fraction of sp³-hybridized carbons (Fsp3) is 0.400. The topological polar surface area (TPSA) is 0 Å². The van der Waals surface area contributed by atoms with Crippen molar-refractivity contribution < 1.29 is 0 Å². The van der Waals surface area contributed by atoms with Crippen molar-refractivity contribution in [2.24, 2.45) is 0 Å². The summed E-state index contributed by atoms with van der Waals surface area (Å²) in [5.41, 5.74) is 1.21. The van der Waals surface area contributed by atoms with Crippen molar-refractivity contribution in [2.45, 2.75) is 27.7 Å². The summed E-state index contributed by atoms with van der Waals surface area (Å²) >= 11 is 3.24. The minimum atomic E-state index is 0.915. The van der Waals surface area contributed by atoms with E-state index in [-0.39, 0.29) is 0 Å². The number of halogens is 1. The third-order valence-corrected chi connectivity index (χ3v) is 1.04. The van der Waals surface area contributed by atoms with Gasteiger partial charge in [-0.2, -0.15) is 0 Å². The van der Waals surface area contributed by atoms with Gasteiger partial charge in [-0.05, 0) is 19.9 Å². The van der Waals surface area contributed by atoms with Crippen LogP contribution in [0.5, 0.6) is 0 Å². The Hall–Kier alpha value is -0.300. The first-order valence-electron chi connectivity index (χ1n) is 3.82. The van der Waals surface area contributed by atoms with Gasteiger partial charge in [-0.3, -0.25) is 0 Å². The zero-order valence-electron chi connectivity index (χ0n) is 7.82. The lowest BCUT2D eigenvalue weighted by atomic mass is 10.2. The van der Waals surface area contributed by atoms with Crippen molar-refractivity contribution in [1.29, 1.82) is 0 Å². The molecule has 0 aliphatic rings. The van der Waals surface area contributed by atoms with Crippen LogP contribution in [-0.2, 0) is 0 Å². The molecule has 0 aromatic rings. The molecule has 11 heavy (non-hydrogen) atoms. The minimum absolute atomic E-state index is 0.915. The van der Waals surface area contributed by atoms with Crippen LogP contribution in [0.15, 0.2) is 34.9 Å². The molecule has 0 saturated heterocycles. The van der Waals surface area contributed by atoms with Crippen LogP contribution in [0.1, 0.15) is 27.7 Å². The molecule has 0 nitrogen and oxygen atoms in total. The normalized spacial score (nSPS) is 10.8. The van der Waals surface area contributed by atoms with Crippen LogP contribution in [0.2, 0.25) is 0 Å². The van der Waals surface area contributed by atoms with Gasteiger partial charge in [0.25, 0.3) is 0 Å². The lowest BCUT2D eigenvalue weighted by molar-refractivity contribution is 1.50. The number of hydrogen-bond acceptors (Lipinski definition) is 0. The maximum Gasteiger partial charge on any atom is 0.0106 e. The molecule has 0 rings (SSSR count). The van der Waals surface area contributed by atoms with Gasteiger partial charge in [0.15, 0.2) is 0 Å². The smallest absolute Gasteiger partial charge is 0.0106 e. The predicted molar refractivity (Wildman–Crippen MR) is 58.0 cm³/mol.